The first kappa shape index (κ1) is 28.8. The highest BCUT2D eigenvalue weighted by molar-refractivity contribution is 7.91. The number of carboxylic acid groups (broad SMARTS) is 1. The van der Waals surface area contributed by atoms with Crippen molar-refractivity contribution in [3.63, 3.8) is 0 Å². The molecular formula is C35H35FN2O5S. The molecule has 1 unspecified atom stereocenters. The first-order valence-corrected chi connectivity index (χ1v) is 17.2. The lowest BCUT2D eigenvalue weighted by Gasteiger charge is -2.25. The SMILES string of the molecule is C[C@@H]1C=C1c1cc(OC2CCS(=O)(=O)CC2)cc(C2=NC2)c1-c1cccc2c1CCC2Nc1ccc(CCC(=O)O)c(F)c1. The van der Waals surface area contributed by atoms with Crippen molar-refractivity contribution in [1.82, 2.24) is 0 Å². The van der Waals surface area contributed by atoms with Crippen LogP contribution in [0, 0.1) is 11.7 Å². The number of ether oxygens (including phenoxy) is 1. The van der Waals surface area contributed by atoms with Crippen LogP contribution in [-0.2, 0) is 27.5 Å². The van der Waals surface area contributed by atoms with Gasteiger partial charge in [0.15, 0.2) is 9.84 Å². The Morgan fingerprint density at radius 2 is 1.82 bits per heavy atom. The summed E-state index contributed by atoms with van der Waals surface area (Å²) in [7, 11) is -2.97. The number of aliphatic carboxylic acids is 1. The molecule has 2 aliphatic heterocycles. The molecule has 0 saturated carbocycles. The van der Waals surface area contributed by atoms with E-state index in [1.54, 1.807) is 6.07 Å². The predicted octanol–water partition coefficient (Wildman–Crippen LogP) is 6.40. The molecular weight excluding hydrogens is 579 g/mol. The number of benzene rings is 3. The predicted molar refractivity (Wildman–Crippen MR) is 170 cm³/mol. The molecule has 3 aromatic carbocycles. The number of hydrogen-bond acceptors (Lipinski definition) is 6. The Kier molecular flexibility index (Phi) is 7.31. The topological polar surface area (TPSA) is 105 Å². The number of hydrogen-bond donors (Lipinski definition) is 2. The van der Waals surface area contributed by atoms with Crippen molar-refractivity contribution in [2.45, 2.75) is 57.6 Å². The summed E-state index contributed by atoms with van der Waals surface area (Å²) in [5.41, 5.74) is 10.4. The van der Waals surface area contributed by atoms with Crippen molar-refractivity contribution in [3.05, 3.63) is 88.2 Å². The Balaban J connectivity index is 1.20. The van der Waals surface area contributed by atoms with Crippen LogP contribution in [0.2, 0.25) is 0 Å². The molecule has 7 nitrogen and oxygen atoms in total. The molecule has 0 spiro atoms. The van der Waals surface area contributed by atoms with Gasteiger partial charge >= 0.3 is 5.97 Å². The summed E-state index contributed by atoms with van der Waals surface area (Å²) in [6, 6.07) is 15.6. The van der Waals surface area contributed by atoms with E-state index in [1.807, 2.05) is 6.07 Å². The lowest BCUT2D eigenvalue weighted by molar-refractivity contribution is -0.136. The van der Waals surface area contributed by atoms with E-state index in [4.69, 9.17) is 9.84 Å². The fourth-order valence-electron chi connectivity index (χ4n) is 6.70. The zero-order valence-corrected chi connectivity index (χ0v) is 25.4. The van der Waals surface area contributed by atoms with Crippen LogP contribution in [0.5, 0.6) is 5.75 Å². The molecule has 7 rings (SSSR count). The largest absolute Gasteiger partial charge is 0.490 e. The number of nitrogens with zero attached hydrogens (tertiary/aromatic N) is 1. The molecule has 228 valence electrons. The van der Waals surface area contributed by atoms with Crippen LogP contribution in [0.3, 0.4) is 0 Å². The van der Waals surface area contributed by atoms with Crippen molar-refractivity contribution < 1.29 is 27.4 Å². The molecule has 3 aromatic rings. The minimum Gasteiger partial charge on any atom is -0.490 e. The van der Waals surface area contributed by atoms with Gasteiger partial charge in [0.05, 0.1) is 29.8 Å². The highest BCUT2D eigenvalue weighted by Gasteiger charge is 2.33. The van der Waals surface area contributed by atoms with Gasteiger partial charge in [0.25, 0.3) is 0 Å². The highest BCUT2D eigenvalue weighted by Crippen LogP contribution is 2.49. The van der Waals surface area contributed by atoms with Crippen molar-refractivity contribution >= 4 is 32.8 Å². The molecule has 0 bridgehead atoms. The molecule has 9 heteroatoms. The number of aryl methyl sites for hydroxylation is 1. The van der Waals surface area contributed by atoms with E-state index in [9.17, 15) is 17.6 Å². The third-order valence-corrected chi connectivity index (χ3v) is 10.9. The molecule has 2 heterocycles. The maximum Gasteiger partial charge on any atom is 0.303 e. The summed E-state index contributed by atoms with van der Waals surface area (Å²) < 4.78 is 45.1. The number of allylic oxidation sites excluding steroid dienone is 2. The minimum absolute atomic E-state index is 0.0173. The van der Waals surface area contributed by atoms with Crippen molar-refractivity contribution in [3.8, 4) is 16.9 Å². The minimum atomic E-state index is -2.97. The molecule has 0 amide bonds. The van der Waals surface area contributed by atoms with E-state index in [2.05, 4.69) is 53.6 Å². The molecule has 0 radical (unpaired) electrons. The first-order valence-electron chi connectivity index (χ1n) is 15.3. The molecule has 1 fully saturated rings. The molecule has 0 aromatic heterocycles. The molecule has 1 saturated heterocycles. The number of halogens is 1. The van der Waals surface area contributed by atoms with E-state index in [1.165, 1.54) is 33.9 Å². The lowest BCUT2D eigenvalue weighted by Crippen LogP contribution is -2.30. The number of nitrogens with one attached hydrogen (secondary N) is 1. The van der Waals surface area contributed by atoms with Gasteiger partial charge in [-0.05, 0) is 101 Å². The Hall–Kier alpha value is -3.98. The Morgan fingerprint density at radius 1 is 1.07 bits per heavy atom. The first-order chi connectivity index (χ1) is 21.1. The quantitative estimate of drug-likeness (QED) is 0.274. The summed E-state index contributed by atoms with van der Waals surface area (Å²) in [4.78, 5) is 15.5. The second kappa shape index (κ2) is 11.2. The summed E-state index contributed by atoms with van der Waals surface area (Å²) in [5, 5.41) is 12.5. The third-order valence-electron chi connectivity index (χ3n) is 9.21. The fraction of sp³-hybridized carbons (Fsp3) is 0.371. The second-order valence-corrected chi connectivity index (χ2v) is 14.6. The van der Waals surface area contributed by atoms with Gasteiger partial charge in [-0.2, -0.15) is 0 Å². The summed E-state index contributed by atoms with van der Waals surface area (Å²) in [6.45, 7) is 2.88. The average Bonchev–Trinajstić information content (AvgIpc) is 3.92. The Morgan fingerprint density at radius 3 is 2.50 bits per heavy atom. The van der Waals surface area contributed by atoms with Gasteiger partial charge in [-0.1, -0.05) is 37.3 Å². The maximum absolute atomic E-state index is 14.8. The number of rotatable bonds is 10. The number of carboxylic acids is 1. The standard InChI is InChI=1S/C35H35FN2O5S/c1-20-15-28(20)29-17-24(43-23-11-13-44(41,42)14-12-23)18-30(33-19-37-33)35(29)27-4-2-3-26-25(27)8-9-32(26)38-22-7-5-21(31(36)16-22)6-10-34(39)40/h2-5,7,15-18,20,23,32,38H,6,8-14,19H2,1H3,(H,39,40)/t20-,32?/m1/s1. The van der Waals surface area contributed by atoms with Gasteiger partial charge < -0.3 is 15.2 Å². The normalized spacial score (nSPS) is 21.7. The molecule has 44 heavy (non-hydrogen) atoms. The van der Waals surface area contributed by atoms with Crippen molar-refractivity contribution in [2.24, 2.45) is 10.9 Å². The highest BCUT2D eigenvalue weighted by atomic mass is 32.2. The number of fused-ring (bicyclic) bond motifs is 1. The summed E-state index contributed by atoms with van der Waals surface area (Å²) in [5.74, 6) is 0.123. The van der Waals surface area contributed by atoms with Gasteiger partial charge in [-0.3, -0.25) is 9.79 Å². The van der Waals surface area contributed by atoms with Crippen LogP contribution >= 0.6 is 0 Å². The summed E-state index contributed by atoms with van der Waals surface area (Å²) in [6.07, 6.45) is 4.94. The van der Waals surface area contributed by atoms with Gasteiger partial charge in [-0.15, -0.1) is 0 Å². The van der Waals surface area contributed by atoms with E-state index < -0.39 is 21.6 Å². The Labute approximate surface area is 256 Å². The van der Waals surface area contributed by atoms with E-state index in [-0.39, 0.29) is 36.5 Å². The van der Waals surface area contributed by atoms with Gasteiger partial charge in [0.2, 0.25) is 0 Å². The van der Waals surface area contributed by atoms with Crippen LogP contribution in [-0.4, -0.2) is 49.4 Å². The van der Waals surface area contributed by atoms with Gasteiger partial charge in [0, 0.05) is 17.7 Å². The van der Waals surface area contributed by atoms with Gasteiger partial charge in [0.1, 0.15) is 17.7 Å². The average molecular weight is 615 g/mol. The van der Waals surface area contributed by atoms with Crippen LogP contribution in [0.4, 0.5) is 10.1 Å². The Bertz CT molecular complexity index is 1830. The second-order valence-electron chi connectivity index (χ2n) is 12.3. The van der Waals surface area contributed by atoms with Crippen LogP contribution in [0.1, 0.15) is 66.5 Å². The number of aliphatic imine (C=N–C) groups is 1. The van der Waals surface area contributed by atoms with E-state index in [0.717, 1.165) is 35.4 Å². The van der Waals surface area contributed by atoms with E-state index >= 15 is 0 Å². The van der Waals surface area contributed by atoms with Crippen LogP contribution in [0.25, 0.3) is 16.7 Å². The molecule has 4 aliphatic rings. The number of anilines is 1. The van der Waals surface area contributed by atoms with Gasteiger partial charge in [-0.25, -0.2) is 12.8 Å². The molecule has 2 aliphatic carbocycles. The van der Waals surface area contributed by atoms with Crippen LogP contribution < -0.4 is 10.1 Å². The third kappa shape index (κ3) is 5.89. The maximum atomic E-state index is 14.8. The smallest absolute Gasteiger partial charge is 0.303 e. The van der Waals surface area contributed by atoms with Crippen molar-refractivity contribution in [2.75, 3.05) is 23.4 Å². The summed E-state index contributed by atoms with van der Waals surface area (Å²) >= 11 is 0. The number of carbonyl (C=O) groups is 1. The molecule has 2 atom stereocenters. The molecule has 2 N–H and O–H groups in total. The fourth-order valence-corrected chi connectivity index (χ4v) is 8.14. The number of sulfone groups is 1. The monoisotopic (exact) mass is 614 g/mol. The zero-order valence-electron chi connectivity index (χ0n) is 24.6. The zero-order chi connectivity index (χ0) is 30.6. The van der Waals surface area contributed by atoms with Crippen LogP contribution in [0.15, 0.2) is 59.6 Å². The van der Waals surface area contributed by atoms with Crippen molar-refractivity contribution in [1.29, 1.82) is 0 Å². The van der Waals surface area contributed by atoms with E-state index in [0.29, 0.717) is 36.6 Å². The lowest BCUT2D eigenvalue weighted by atomic mass is 9.87.